The summed E-state index contributed by atoms with van der Waals surface area (Å²) in [6, 6.07) is 4.77. The van der Waals surface area contributed by atoms with Crippen molar-refractivity contribution in [1.29, 1.82) is 0 Å². The normalized spacial score (nSPS) is 20.9. The van der Waals surface area contributed by atoms with Gasteiger partial charge in [-0.1, -0.05) is 0 Å². The third-order valence-electron chi connectivity index (χ3n) is 3.81. The summed E-state index contributed by atoms with van der Waals surface area (Å²) < 4.78 is 20.2. The Morgan fingerprint density at radius 3 is 2.67 bits per heavy atom. The third kappa shape index (κ3) is 3.73. The van der Waals surface area contributed by atoms with Crippen LogP contribution in [0.1, 0.15) is 28.5 Å². The average molecular weight is 349 g/mol. The van der Waals surface area contributed by atoms with Gasteiger partial charge in [-0.15, -0.1) is 11.3 Å². The molecule has 1 amide bonds. The fourth-order valence-electron chi connectivity index (χ4n) is 2.87. The molecule has 3 rings (SSSR count). The monoisotopic (exact) mass is 349 g/mol. The van der Waals surface area contributed by atoms with Crippen LogP contribution < -0.4 is 10.2 Å². The standard InChI is InChI=1S/C17H20FN3O2S/c1-10-8-21(9-11(2)23-10)15-5-4-13(6-14(15)18)20-17(22)16-7-19-12(3)24-16/h4-7,10-11H,8-9H2,1-3H3,(H,20,22)/t10-,11+. The van der Waals surface area contributed by atoms with Gasteiger partial charge in [-0.3, -0.25) is 4.79 Å². The molecule has 1 fully saturated rings. The highest BCUT2D eigenvalue weighted by molar-refractivity contribution is 7.13. The number of nitrogens with zero attached hydrogens (tertiary/aromatic N) is 2. The van der Waals surface area contributed by atoms with E-state index in [0.717, 1.165) is 5.01 Å². The van der Waals surface area contributed by atoms with Gasteiger partial charge in [0.1, 0.15) is 10.7 Å². The van der Waals surface area contributed by atoms with Gasteiger partial charge < -0.3 is 15.0 Å². The summed E-state index contributed by atoms with van der Waals surface area (Å²) >= 11 is 1.31. The summed E-state index contributed by atoms with van der Waals surface area (Å²) in [6.45, 7) is 7.08. The zero-order valence-electron chi connectivity index (χ0n) is 13.9. The molecule has 0 aliphatic carbocycles. The predicted molar refractivity (Wildman–Crippen MR) is 93.4 cm³/mol. The largest absolute Gasteiger partial charge is 0.372 e. The number of carbonyl (C=O) groups excluding carboxylic acids is 1. The van der Waals surface area contributed by atoms with E-state index in [1.807, 2.05) is 25.7 Å². The van der Waals surface area contributed by atoms with Gasteiger partial charge in [-0.05, 0) is 39.0 Å². The van der Waals surface area contributed by atoms with E-state index in [-0.39, 0.29) is 23.9 Å². The second kappa shape index (κ2) is 6.86. The number of rotatable bonds is 3. The molecule has 1 saturated heterocycles. The first-order valence-corrected chi connectivity index (χ1v) is 8.68. The maximum absolute atomic E-state index is 14.5. The number of aryl methyl sites for hydroxylation is 1. The Morgan fingerprint density at radius 2 is 2.08 bits per heavy atom. The molecule has 0 radical (unpaired) electrons. The van der Waals surface area contributed by atoms with Crippen LogP contribution in [-0.4, -0.2) is 36.2 Å². The Hall–Kier alpha value is -1.99. The van der Waals surface area contributed by atoms with Gasteiger partial charge in [-0.25, -0.2) is 9.37 Å². The lowest BCUT2D eigenvalue weighted by Crippen LogP contribution is -2.45. The average Bonchev–Trinajstić information content (AvgIpc) is 2.93. The lowest BCUT2D eigenvalue weighted by molar-refractivity contribution is -0.00539. The van der Waals surface area contributed by atoms with Gasteiger partial charge in [0.25, 0.3) is 5.91 Å². The molecule has 1 N–H and O–H groups in total. The third-order valence-corrected chi connectivity index (χ3v) is 4.72. The van der Waals surface area contributed by atoms with Crippen molar-refractivity contribution in [2.24, 2.45) is 0 Å². The topological polar surface area (TPSA) is 54.5 Å². The summed E-state index contributed by atoms with van der Waals surface area (Å²) in [5, 5.41) is 3.53. The van der Waals surface area contributed by atoms with Crippen molar-refractivity contribution in [3.63, 3.8) is 0 Å². The fraction of sp³-hybridized carbons (Fsp3) is 0.412. The van der Waals surface area contributed by atoms with Crippen molar-refractivity contribution in [2.45, 2.75) is 33.0 Å². The molecule has 1 aromatic heterocycles. The van der Waals surface area contributed by atoms with Crippen molar-refractivity contribution in [3.05, 3.63) is 40.1 Å². The highest BCUT2D eigenvalue weighted by Crippen LogP contribution is 2.26. The highest BCUT2D eigenvalue weighted by Gasteiger charge is 2.24. The lowest BCUT2D eigenvalue weighted by atomic mass is 10.2. The van der Waals surface area contributed by atoms with E-state index in [4.69, 9.17) is 4.74 Å². The molecule has 5 nitrogen and oxygen atoms in total. The van der Waals surface area contributed by atoms with Crippen LogP contribution >= 0.6 is 11.3 Å². The minimum Gasteiger partial charge on any atom is -0.372 e. The van der Waals surface area contributed by atoms with Gasteiger partial charge in [0.2, 0.25) is 0 Å². The maximum Gasteiger partial charge on any atom is 0.267 e. The Bertz CT molecular complexity index is 739. The molecule has 2 aromatic rings. The summed E-state index contributed by atoms with van der Waals surface area (Å²) in [7, 11) is 0. The van der Waals surface area contributed by atoms with E-state index in [2.05, 4.69) is 10.3 Å². The first-order chi connectivity index (χ1) is 11.4. The van der Waals surface area contributed by atoms with Gasteiger partial charge in [0.15, 0.2) is 0 Å². The van der Waals surface area contributed by atoms with Gasteiger partial charge in [0, 0.05) is 18.8 Å². The van der Waals surface area contributed by atoms with E-state index < -0.39 is 0 Å². The summed E-state index contributed by atoms with van der Waals surface area (Å²) in [5.41, 5.74) is 0.963. The van der Waals surface area contributed by atoms with Crippen LogP contribution in [0.2, 0.25) is 0 Å². The molecule has 0 bridgehead atoms. The second-order valence-electron chi connectivity index (χ2n) is 6.03. The van der Waals surface area contributed by atoms with Crippen LogP contribution in [0.5, 0.6) is 0 Å². The zero-order chi connectivity index (χ0) is 17.3. The van der Waals surface area contributed by atoms with Gasteiger partial charge in [0.05, 0.1) is 29.1 Å². The number of carbonyl (C=O) groups is 1. The number of anilines is 2. The van der Waals surface area contributed by atoms with Crippen LogP contribution in [0.3, 0.4) is 0 Å². The van der Waals surface area contributed by atoms with Crippen LogP contribution in [-0.2, 0) is 4.74 Å². The molecule has 1 aliphatic heterocycles. The Morgan fingerprint density at radius 1 is 1.38 bits per heavy atom. The van der Waals surface area contributed by atoms with E-state index in [0.29, 0.717) is 29.3 Å². The van der Waals surface area contributed by atoms with Crippen molar-refractivity contribution in [3.8, 4) is 0 Å². The first-order valence-electron chi connectivity index (χ1n) is 7.86. The van der Waals surface area contributed by atoms with Crippen molar-refractivity contribution < 1.29 is 13.9 Å². The van der Waals surface area contributed by atoms with Crippen molar-refractivity contribution in [1.82, 2.24) is 4.98 Å². The number of hydrogen-bond donors (Lipinski definition) is 1. The summed E-state index contributed by atoms with van der Waals surface area (Å²) in [5.74, 6) is -0.629. The van der Waals surface area contributed by atoms with Gasteiger partial charge >= 0.3 is 0 Å². The van der Waals surface area contributed by atoms with Crippen molar-refractivity contribution in [2.75, 3.05) is 23.3 Å². The Balaban J connectivity index is 1.74. The molecule has 128 valence electrons. The smallest absolute Gasteiger partial charge is 0.267 e. The van der Waals surface area contributed by atoms with E-state index >= 15 is 0 Å². The molecule has 0 unspecified atom stereocenters. The van der Waals surface area contributed by atoms with Crippen LogP contribution in [0.15, 0.2) is 24.4 Å². The molecule has 24 heavy (non-hydrogen) atoms. The second-order valence-corrected chi connectivity index (χ2v) is 7.26. The summed E-state index contributed by atoms with van der Waals surface area (Å²) in [4.78, 5) is 18.7. The molecule has 2 heterocycles. The maximum atomic E-state index is 14.5. The number of nitrogens with one attached hydrogen (secondary N) is 1. The van der Waals surface area contributed by atoms with Crippen LogP contribution in [0.4, 0.5) is 15.8 Å². The molecule has 1 aliphatic rings. The number of benzene rings is 1. The number of amides is 1. The number of halogens is 1. The number of thiazole rings is 1. The highest BCUT2D eigenvalue weighted by atomic mass is 32.1. The number of morpholine rings is 1. The molecule has 7 heteroatoms. The predicted octanol–water partition coefficient (Wildman–Crippen LogP) is 3.46. The molecule has 1 aromatic carbocycles. The SMILES string of the molecule is Cc1ncc(C(=O)Nc2ccc(N3C[C@@H](C)O[C@@H](C)C3)c(F)c2)s1. The van der Waals surface area contributed by atoms with Gasteiger partial charge in [-0.2, -0.15) is 0 Å². The fourth-order valence-corrected chi connectivity index (χ4v) is 3.55. The van der Waals surface area contributed by atoms with E-state index in [9.17, 15) is 9.18 Å². The molecule has 0 saturated carbocycles. The number of aromatic nitrogens is 1. The van der Waals surface area contributed by atoms with E-state index in [1.165, 1.54) is 23.6 Å². The molecular formula is C17H20FN3O2S. The quantitative estimate of drug-likeness (QED) is 0.922. The minimum atomic E-state index is -0.352. The van der Waals surface area contributed by atoms with Crippen molar-refractivity contribution >= 4 is 28.6 Å². The van der Waals surface area contributed by atoms with Crippen LogP contribution in [0, 0.1) is 12.7 Å². The Kier molecular flexibility index (Phi) is 4.82. The molecule has 0 spiro atoms. The number of hydrogen-bond acceptors (Lipinski definition) is 5. The Labute approximate surface area is 144 Å². The molecular weight excluding hydrogens is 329 g/mol. The lowest BCUT2D eigenvalue weighted by Gasteiger charge is -2.37. The molecule has 2 atom stereocenters. The van der Waals surface area contributed by atoms with E-state index in [1.54, 1.807) is 12.1 Å². The summed E-state index contributed by atoms with van der Waals surface area (Å²) in [6.07, 6.45) is 1.64. The van der Waals surface area contributed by atoms with Crippen LogP contribution in [0.25, 0.3) is 0 Å². The number of ether oxygens (including phenoxy) is 1. The first kappa shape index (κ1) is 16.9. The zero-order valence-corrected chi connectivity index (χ0v) is 14.7. The minimum absolute atomic E-state index is 0.0575.